The maximum atomic E-state index is 12.3. The van der Waals surface area contributed by atoms with Gasteiger partial charge < -0.3 is 9.47 Å². The summed E-state index contributed by atoms with van der Waals surface area (Å²) in [4.78, 5) is 22.1. The van der Waals surface area contributed by atoms with Crippen molar-refractivity contribution in [3.8, 4) is 11.5 Å². The SMILES string of the molecule is COc1cc(C=CC(=O)c2ccc([N+](=O)[O-])cc2)ccc1OC(F)F. The summed E-state index contributed by atoms with van der Waals surface area (Å²) in [6, 6.07) is 9.41. The van der Waals surface area contributed by atoms with Gasteiger partial charge in [0, 0.05) is 17.7 Å². The van der Waals surface area contributed by atoms with Gasteiger partial charge in [0.2, 0.25) is 0 Å². The van der Waals surface area contributed by atoms with Crippen molar-refractivity contribution in [2.75, 3.05) is 7.11 Å². The van der Waals surface area contributed by atoms with E-state index in [0.717, 1.165) is 0 Å². The third-order valence-corrected chi connectivity index (χ3v) is 3.19. The first-order valence-electron chi connectivity index (χ1n) is 7.00. The summed E-state index contributed by atoms with van der Waals surface area (Å²) >= 11 is 0. The molecule has 0 aliphatic carbocycles. The second kappa shape index (κ2) is 8.00. The van der Waals surface area contributed by atoms with Crippen LogP contribution in [0.25, 0.3) is 6.08 Å². The first-order chi connectivity index (χ1) is 11.9. The number of carbonyl (C=O) groups excluding carboxylic acids is 1. The number of ether oxygens (including phenoxy) is 2. The smallest absolute Gasteiger partial charge is 0.387 e. The van der Waals surface area contributed by atoms with Crippen molar-refractivity contribution < 1.29 is 28.0 Å². The molecule has 8 heteroatoms. The largest absolute Gasteiger partial charge is 0.493 e. The van der Waals surface area contributed by atoms with Crippen molar-refractivity contribution in [1.82, 2.24) is 0 Å². The number of non-ortho nitro benzene ring substituents is 1. The number of hydrogen-bond acceptors (Lipinski definition) is 5. The summed E-state index contributed by atoms with van der Waals surface area (Å²) in [5.41, 5.74) is 0.708. The monoisotopic (exact) mass is 349 g/mol. The van der Waals surface area contributed by atoms with Gasteiger partial charge in [-0.1, -0.05) is 12.1 Å². The van der Waals surface area contributed by atoms with Crippen molar-refractivity contribution in [3.63, 3.8) is 0 Å². The van der Waals surface area contributed by atoms with Gasteiger partial charge in [-0.25, -0.2) is 0 Å². The summed E-state index contributed by atoms with van der Waals surface area (Å²) in [7, 11) is 1.31. The van der Waals surface area contributed by atoms with Crippen LogP contribution in [0, 0.1) is 10.1 Å². The fourth-order valence-corrected chi connectivity index (χ4v) is 2.00. The summed E-state index contributed by atoms with van der Waals surface area (Å²) in [6.45, 7) is -2.97. The molecule has 0 saturated heterocycles. The molecule has 0 N–H and O–H groups in total. The zero-order valence-corrected chi connectivity index (χ0v) is 13.0. The van der Waals surface area contributed by atoms with Crippen molar-refractivity contribution >= 4 is 17.5 Å². The van der Waals surface area contributed by atoms with Crippen molar-refractivity contribution in [3.05, 3.63) is 69.8 Å². The molecule has 0 amide bonds. The second-order valence-electron chi connectivity index (χ2n) is 4.79. The van der Waals surface area contributed by atoms with Crippen LogP contribution >= 0.6 is 0 Å². The highest BCUT2D eigenvalue weighted by atomic mass is 19.3. The van der Waals surface area contributed by atoms with Gasteiger partial charge in [-0.15, -0.1) is 0 Å². The molecule has 0 radical (unpaired) electrons. The molecule has 0 fully saturated rings. The first kappa shape index (κ1) is 18.1. The van der Waals surface area contributed by atoms with Crippen LogP contribution in [-0.2, 0) is 0 Å². The van der Waals surface area contributed by atoms with Gasteiger partial charge >= 0.3 is 6.61 Å². The fourth-order valence-electron chi connectivity index (χ4n) is 2.00. The molecule has 0 unspecified atom stereocenters. The lowest BCUT2D eigenvalue weighted by Gasteiger charge is -2.10. The highest BCUT2D eigenvalue weighted by Gasteiger charge is 2.11. The zero-order valence-electron chi connectivity index (χ0n) is 13.0. The number of carbonyl (C=O) groups is 1. The minimum atomic E-state index is -2.97. The number of benzene rings is 2. The number of methoxy groups -OCH3 is 1. The van der Waals surface area contributed by atoms with Gasteiger partial charge in [-0.2, -0.15) is 8.78 Å². The molecule has 2 rings (SSSR count). The van der Waals surface area contributed by atoms with Crippen LogP contribution in [0.3, 0.4) is 0 Å². The highest BCUT2D eigenvalue weighted by molar-refractivity contribution is 6.06. The number of allylic oxidation sites excluding steroid dienone is 1. The molecule has 0 aromatic heterocycles. The molecule has 2 aromatic rings. The Kier molecular flexibility index (Phi) is 5.78. The third kappa shape index (κ3) is 4.84. The molecule has 130 valence electrons. The van der Waals surface area contributed by atoms with Gasteiger partial charge in [-0.05, 0) is 35.9 Å². The lowest BCUT2D eigenvalue weighted by atomic mass is 10.1. The van der Waals surface area contributed by atoms with E-state index in [0.29, 0.717) is 5.56 Å². The highest BCUT2D eigenvalue weighted by Crippen LogP contribution is 2.29. The summed E-state index contributed by atoms with van der Waals surface area (Å²) in [6.07, 6.45) is 2.74. The quantitative estimate of drug-likeness (QED) is 0.325. The van der Waals surface area contributed by atoms with Crippen LogP contribution in [0.15, 0.2) is 48.5 Å². The van der Waals surface area contributed by atoms with Crippen LogP contribution in [0.2, 0.25) is 0 Å². The predicted octanol–water partition coefficient (Wildman–Crippen LogP) is 4.10. The number of ketones is 1. The lowest BCUT2D eigenvalue weighted by Crippen LogP contribution is -2.03. The first-order valence-corrected chi connectivity index (χ1v) is 7.00. The maximum Gasteiger partial charge on any atom is 0.387 e. The average molecular weight is 349 g/mol. The predicted molar refractivity (Wildman–Crippen MR) is 86.1 cm³/mol. The molecule has 0 spiro atoms. The number of halogens is 2. The Morgan fingerprint density at radius 1 is 1.16 bits per heavy atom. The molecule has 6 nitrogen and oxygen atoms in total. The average Bonchev–Trinajstić information content (AvgIpc) is 2.60. The Balaban J connectivity index is 2.15. The Morgan fingerprint density at radius 2 is 1.84 bits per heavy atom. The van der Waals surface area contributed by atoms with E-state index in [1.807, 2.05) is 0 Å². The summed E-state index contributed by atoms with van der Waals surface area (Å²) < 4.78 is 33.8. The van der Waals surface area contributed by atoms with Crippen molar-refractivity contribution in [2.24, 2.45) is 0 Å². The molecule has 2 aromatic carbocycles. The normalized spacial score (nSPS) is 10.9. The van der Waals surface area contributed by atoms with Crippen LogP contribution in [0.1, 0.15) is 15.9 Å². The molecular weight excluding hydrogens is 336 g/mol. The van der Waals surface area contributed by atoms with E-state index < -0.39 is 11.5 Å². The maximum absolute atomic E-state index is 12.3. The number of rotatable bonds is 7. The fraction of sp³-hybridized carbons (Fsp3) is 0.118. The van der Waals surface area contributed by atoms with E-state index >= 15 is 0 Å². The number of hydrogen-bond donors (Lipinski definition) is 0. The minimum Gasteiger partial charge on any atom is -0.493 e. The molecule has 25 heavy (non-hydrogen) atoms. The Bertz CT molecular complexity index is 803. The van der Waals surface area contributed by atoms with Crippen LogP contribution in [0.4, 0.5) is 14.5 Å². The van der Waals surface area contributed by atoms with E-state index in [1.165, 1.54) is 61.7 Å². The zero-order chi connectivity index (χ0) is 18.4. The van der Waals surface area contributed by atoms with E-state index in [9.17, 15) is 23.7 Å². The number of nitrogens with zero attached hydrogens (tertiary/aromatic N) is 1. The topological polar surface area (TPSA) is 78.7 Å². The Labute approximate surface area is 141 Å². The molecule has 0 aliphatic rings. The molecular formula is C17H13F2NO5. The number of alkyl halides is 2. The van der Waals surface area contributed by atoms with Crippen molar-refractivity contribution in [2.45, 2.75) is 6.61 Å². The number of nitro groups is 1. The van der Waals surface area contributed by atoms with Gasteiger partial charge in [0.05, 0.1) is 12.0 Å². The Morgan fingerprint density at radius 3 is 2.40 bits per heavy atom. The number of nitro benzene ring substituents is 1. The molecule has 0 saturated carbocycles. The second-order valence-corrected chi connectivity index (χ2v) is 4.79. The van der Waals surface area contributed by atoms with E-state index in [2.05, 4.69) is 4.74 Å². The van der Waals surface area contributed by atoms with E-state index in [-0.39, 0.29) is 28.5 Å². The van der Waals surface area contributed by atoms with Gasteiger partial charge in [0.25, 0.3) is 5.69 Å². The summed E-state index contributed by atoms with van der Waals surface area (Å²) in [5.74, 6) is -0.372. The third-order valence-electron chi connectivity index (χ3n) is 3.19. The van der Waals surface area contributed by atoms with Crippen LogP contribution in [-0.4, -0.2) is 24.4 Å². The Hall–Kier alpha value is -3.29. The van der Waals surface area contributed by atoms with Crippen LogP contribution in [0.5, 0.6) is 11.5 Å². The molecule has 0 bridgehead atoms. The molecule has 0 aliphatic heterocycles. The van der Waals surface area contributed by atoms with Gasteiger partial charge in [0.1, 0.15) is 0 Å². The standard InChI is InChI=1S/C17H13F2NO5/c1-24-16-10-11(3-9-15(16)25-17(18)19)2-8-14(21)12-4-6-13(7-5-12)20(22)23/h2-10,17H,1H3. The van der Waals surface area contributed by atoms with E-state index in [4.69, 9.17) is 4.74 Å². The van der Waals surface area contributed by atoms with Gasteiger partial charge in [0.15, 0.2) is 17.3 Å². The summed E-state index contributed by atoms with van der Waals surface area (Å²) in [5, 5.41) is 10.6. The van der Waals surface area contributed by atoms with E-state index in [1.54, 1.807) is 0 Å². The van der Waals surface area contributed by atoms with Gasteiger partial charge in [-0.3, -0.25) is 14.9 Å². The molecule has 0 heterocycles. The van der Waals surface area contributed by atoms with Crippen molar-refractivity contribution in [1.29, 1.82) is 0 Å². The molecule has 0 atom stereocenters. The minimum absolute atomic E-state index is 0.102. The lowest BCUT2D eigenvalue weighted by molar-refractivity contribution is -0.384. The van der Waals surface area contributed by atoms with Crippen LogP contribution < -0.4 is 9.47 Å².